The molecule has 1 aliphatic heterocycles. The van der Waals surface area contributed by atoms with E-state index in [0.717, 1.165) is 19.6 Å². The molecule has 184 valence electrons. The second-order valence-corrected chi connectivity index (χ2v) is 23.0. The van der Waals surface area contributed by atoms with Crippen molar-refractivity contribution in [2.75, 3.05) is 20.3 Å². The number of ether oxygens (including phenoxy) is 2. The Morgan fingerprint density at radius 3 is 2.12 bits per heavy atom. The van der Waals surface area contributed by atoms with Crippen LogP contribution < -0.4 is 0 Å². The summed E-state index contributed by atoms with van der Waals surface area (Å²) >= 11 is -2.66. The van der Waals surface area contributed by atoms with E-state index in [4.69, 9.17) is 9.47 Å². The van der Waals surface area contributed by atoms with Crippen molar-refractivity contribution in [3.63, 3.8) is 0 Å². The van der Waals surface area contributed by atoms with Crippen LogP contribution in [-0.4, -0.2) is 44.7 Å². The number of carbonyl (C=O) groups excluding carboxylic acids is 1. The molecule has 1 atom stereocenters. The Bertz CT molecular complexity index is 747. The van der Waals surface area contributed by atoms with E-state index >= 15 is 0 Å². The fourth-order valence-corrected chi connectivity index (χ4v) is 22.7. The second kappa shape index (κ2) is 15.0. The molecule has 0 saturated heterocycles. The number of rotatable bonds is 15. The maximum atomic E-state index is 12.0. The van der Waals surface area contributed by atoms with Crippen molar-refractivity contribution in [2.24, 2.45) is 5.92 Å². The molecule has 3 nitrogen and oxygen atoms in total. The molecule has 0 fully saturated rings. The standard InChI is InChI=1S/C17H19O3.3C4H9.Sn/c1-13(17(18)19-2)8-9-15-12-20-11-10-16(15)14-6-4-3-5-7-14;3*1-3-4-2;/h3-7,15H,1,8-9,11-12H2,2H3;3*1,3-4H2,2H3;. The summed E-state index contributed by atoms with van der Waals surface area (Å²) in [4.78, 5) is 12.0. The van der Waals surface area contributed by atoms with Crippen molar-refractivity contribution in [3.05, 3.63) is 51.6 Å². The third-order valence-corrected chi connectivity index (χ3v) is 23.4. The Labute approximate surface area is 206 Å². The Morgan fingerprint density at radius 2 is 1.61 bits per heavy atom. The molecule has 1 heterocycles. The van der Waals surface area contributed by atoms with Crippen LogP contribution >= 0.6 is 0 Å². The molecule has 2 rings (SSSR count). The SMILES string of the molecule is C=C(CCC1COC[C]([Sn]([CH2]CCC)([CH2]CCC)[CH2]CCC)=C1c1ccccc1)C(=O)OC. The van der Waals surface area contributed by atoms with E-state index in [-0.39, 0.29) is 5.97 Å². The molecule has 0 radical (unpaired) electrons. The third-order valence-electron chi connectivity index (χ3n) is 7.32. The van der Waals surface area contributed by atoms with Gasteiger partial charge in [0.15, 0.2) is 0 Å². The van der Waals surface area contributed by atoms with Crippen molar-refractivity contribution in [2.45, 2.75) is 85.4 Å². The van der Waals surface area contributed by atoms with Gasteiger partial charge in [0.05, 0.1) is 0 Å². The van der Waals surface area contributed by atoms with E-state index in [1.54, 1.807) is 9.16 Å². The van der Waals surface area contributed by atoms with Crippen LogP contribution in [-0.2, 0) is 14.3 Å². The van der Waals surface area contributed by atoms with Crippen molar-refractivity contribution < 1.29 is 14.3 Å². The average Bonchev–Trinajstić information content (AvgIpc) is 2.86. The number of hydrogen-bond acceptors (Lipinski definition) is 3. The van der Waals surface area contributed by atoms with Gasteiger partial charge in [-0.2, -0.15) is 0 Å². The Kier molecular flexibility index (Phi) is 12.8. The summed E-state index contributed by atoms with van der Waals surface area (Å²) in [7, 11) is 1.43. The molecule has 0 spiro atoms. The van der Waals surface area contributed by atoms with Gasteiger partial charge in [0.2, 0.25) is 0 Å². The fraction of sp³-hybridized carbons (Fsp3) is 0.621. The van der Waals surface area contributed by atoms with Gasteiger partial charge in [0.25, 0.3) is 0 Å². The van der Waals surface area contributed by atoms with Crippen LogP contribution in [0.1, 0.15) is 77.7 Å². The van der Waals surface area contributed by atoms with Crippen LogP contribution in [0.2, 0.25) is 13.3 Å². The normalized spacial score (nSPS) is 16.7. The first-order chi connectivity index (χ1) is 16.0. The molecule has 0 aliphatic carbocycles. The minimum absolute atomic E-state index is 0.292. The zero-order valence-corrected chi connectivity index (χ0v) is 24.4. The molecular formula is C29H46O3Sn. The molecule has 0 amide bonds. The van der Waals surface area contributed by atoms with E-state index in [1.807, 2.05) is 0 Å². The van der Waals surface area contributed by atoms with Crippen LogP contribution in [0.5, 0.6) is 0 Å². The molecule has 0 saturated carbocycles. The number of unbranched alkanes of at least 4 members (excludes halogenated alkanes) is 3. The van der Waals surface area contributed by atoms with Crippen molar-refractivity contribution in [3.8, 4) is 0 Å². The van der Waals surface area contributed by atoms with Gasteiger partial charge in [-0.3, -0.25) is 0 Å². The van der Waals surface area contributed by atoms with Crippen LogP contribution in [0, 0.1) is 5.92 Å². The van der Waals surface area contributed by atoms with Crippen molar-refractivity contribution in [1.82, 2.24) is 0 Å². The van der Waals surface area contributed by atoms with Gasteiger partial charge < -0.3 is 0 Å². The molecule has 1 aromatic rings. The summed E-state index contributed by atoms with van der Waals surface area (Å²) in [5, 5.41) is 0. The Hall–Kier alpha value is -1.07. The third kappa shape index (κ3) is 7.99. The summed E-state index contributed by atoms with van der Waals surface area (Å²) in [6.45, 7) is 12.5. The number of methoxy groups -OCH3 is 1. The molecule has 4 heteroatoms. The zero-order chi connectivity index (χ0) is 24.1. The average molecular weight is 561 g/mol. The van der Waals surface area contributed by atoms with E-state index in [9.17, 15) is 4.79 Å². The van der Waals surface area contributed by atoms with Gasteiger partial charge in [-0.25, -0.2) is 0 Å². The molecule has 1 aliphatic rings. The summed E-state index contributed by atoms with van der Waals surface area (Å²) in [6, 6.07) is 11.0. The molecule has 0 bridgehead atoms. The molecule has 1 unspecified atom stereocenters. The van der Waals surface area contributed by atoms with E-state index in [1.165, 1.54) is 64.5 Å². The predicted molar refractivity (Wildman–Crippen MR) is 143 cm³/mol. The summed E-state index contributed by atoms with van der Waals surface area (Å²) in [5.74, 6) is 0.0260. The predicted octanol–water partition coefficient (Wildman–Crippen LogP) is 7.98. The van der Waals surface area contributed by atoms with Gasteiger partial charge in [-0.15, -0.1) is 0 Å². The van der Waals surface area contributed by atoms with Crippen LogP contribution in [0.15, 0.2) is 46.1 Å². The van der Waals surface area contributed by atoms with Gasteiger partial charge in [-0.05, 0) is 0 Å². The van der Waals surface area contributed by atoms with Gasteiger partial charge in [-0.1, -0.05) is 0 Å². The quantitative estimate of drug-likeness (QED) is 0.124. The maximum absolute atomic E-state index is 12.0. The van der Waals surface area contributed by atoms with E-state index in [0.29, 0.717) is 17.9 Å². The van der Waals surface area contributed by atoms with Crippen LogP contribution in [0.4, 0.5) is 0 Å². The second-order valence-electron chi connectivity index (χ2n) is 9.70. The molecule has 1 aromatic carbocycles. The topological polar surface area (TPSA) is 35.5 Å². The number of benzene rings is 1. The van der Waals surface area contributed by atoms with E-state index < -0.39 is 18.4 Å². The molecule has 33 heavy (non-hydrogen) atoms. The Balaban J connectivity index is 2.56. The zero-order valence-electron chi connectivity index (χ0n) is 21.6. The van der Waals surface area contributed by atoms with Gasteiger partial charge in [0, 0.05) is 0 Å². The van der Waals surface area contributed by atoms with Crippen LogP contribution in [0.25, 0.3) is 5.57 Å². The minimum atomic E-state index is -2.66. The Morgan fingerprint density at radius 1 is 1.03 bits per heavy atom. The summed E-state index contributed by atoms with van der Waals surface area (Å²) in [6.07, 6.45) is 9.40. The molecule has 0 N–H and O–H groups in total. The first-order valence-corrected chi connectivity index (χ1v) is 20.6. The first kappa shape index (κ1) is 28.2. The van der Waals surface area contributed by atoms with Gasteiger partial charge >= 0.3 is 208 Å². The van der Waals surface area contributed by atoms with Crippen LogP contribution in [0.3, 0.4) is 0 Å². The molecular weight excluding hydrogens is 515 g/mol. The number of esters is 1. The van der Waals surface area contributed by atoms with Gasteiger partial charge in [0.1, 0.15) is 0 Å². The fourth-order valence-electron chi connectivity index (χ4n) is 5.37. The van der Waals surface area contributed by atoms with Crippen molar-refractivity contribution in [1.29, 1.82) is 0 Å². The number of hydrogen-bond donors (Lipinski definition) is 0. The summed E-state index contributed by atoms with van der Waals surface area (Å²) in [5.41, 5.74) is 3.50. The van der Waals surface area contributed by atoms with Crippen molar-refractivity contribution >= 4 is 29.9 Å². The summed E-state index contributed by atoms with van der Waals surface area (Å²) < 4.78 is 17.3. The first-order valence-electron chi connectivity index (χ1n) is 13.2. The number of carbonyl (C=O) groups is 1. The molecule has 0 aromatic heterocycles. The van der Waals surface area contributed by atoms with E-state index in [2.05, 4.69) is 57.7 Å². The monoisotopic (exact) mass is 562 g/mol.